The third-order valence-corrected chi connectivity index (χ3v) is 15.0. The lowest BCUT2D eigenvalue weighted by molar-refractivity contribution is -0.435. The fourth-order valence-corrected chi connectivity index (χ4v) is 13.3. The molecule has 6 aromatic carbocycles. The van der Waals surface area contributed by atoms with E-state index in [0.29, 0.717) is 79.1 Å². The molecule has 0 saturated carbocycles. The van der Waals surface area contributed by atoms with Gasteiger partial charge in [-0.1, -0.05) is 45.1 Å². The Balaban J connectivity index is 0.926. The first-order chi connectivity index (χ1) is 29.1. The van der Waals surface area contributed by atoms with Crippen LogP contribution in [0, 0.1) is 24.3 Å². The predicted octanol–water partition coefficient (Wildman–Crippen LogP) is 11.6. The molecule has 0 bridgehead atoms. The zero-order valence-electron chi connectivity index (χ0n) is 34.7. The quantitative estimate of drug-likeness (QED) is 0.0231. The number of rotatable bonds is 16. The molecule has 61 heavy (non-hydrogen) atoms. The number of benzene rings is 6. The van der Waals surface area contributed by atoms with Crippen molar-refractivity contribution in [2.24, 2.45) is 10.2 Å². The molecule has 0 unspecified atom stereocenters. The molecule has 0 aliphatic heterocycles. The van der Waals surface area contributed by atoms with Gasteiger partial charge in [-0.3, -0.25) is 0 Å². The number of ether oxygens (including phenoxy) is 4. The van der Waals surface area contributed by atoms with E-state index in [2.05, 4.69) is 36.4 Å². The summed E-state index contributed by atoms with van der Waals surface area (Å²) in [6.07, 6.45) is 0.766. The van der Waals surface area contributed by atoms with Crippen molar-refractivity contribution in [2.45, 2.75) is 40.0 Å². The normalized spacial score (nSPS) is 12.1. The average Bonchev–Trinajstić information content (AvgIpc) is 3.24. The van der Waals surface area contributed by atoms with E-state index in [4.69, 9.17) is 23.1 Å². The highest BCUT2D eigenvalue weighted by atomic mass is 28.4. The van der Waals surface area contributed by atoms with Crippen molar-refractivity contribution in [1.29, 1.82) is 0 Å². The highest BCUT2D eigenvalue weighted by molar-refractivity contribution is 6.84. The molecule has 6 rings (SSSR count). The third-order valence-electron chi connectivity index (χ3n) is 8.92. The van der Waals surface area contributed by atoms with Crippen LogP contribution in [0.1, 0.15) is 31.8 Å². The van der Waals surface area contributed by atoms with Crippen molar-refractivity contribution in [3.05, 3.63) is 178 Å². The van der Waals surface area contributed by atoms with Crippen LogP contribution in [0.5, 0.6) is 23.0 Å². The predicted molar refractivity (Wildman–Crippen MR) is 236 cm³/mol. The molecule has 0 fully saturated rings. The smallest absolute Gasteiger partial charge is 0.343 e. The maximum atomic E-state index is 12.8. The van der Waals surface area contributed by atoms with Gasteiger partial charge in [0.05, 0.1) is 11.1 Å². The van der Waals surface area contributed by atoms with E-state index in [0.717, 1.165) is 11.1 Å². The van der Waals surface area contributed by atoms with E-state index in [1.165, 1.54) is 0 Å². The minimum absolute atomic E-state index is 0.316. The van der Waals surface area contributed by atoms with Gasteiger partial charge >= 0.3 is 11.9 Å². The Bertz CT molecular complexity index is 2320. The first-order valence-corrected chi connectivity index (χ1v) is 25.6. The van der Waals surface area contributed by atoms with Crippen LogP contribution in [0.2, 0.25) is 26.2 Å². The summed E-state index contributed by atoms with van der Waals surface area (Å²) in [5.41, 5.74) is 4.44. The van der Waals surface area contributed by atoms with Gasteiger partial charge in [-0.25, -0.2) is 9.59 Å². The number of hydrogen-bond acceptors (Lipinski definition) is 11. The standard InChI is InChI=1S/C46H46N4O9Si2/c1-33-7-19-39(20-8-33)49(53)47-37-15-27-43(28-16-37)57-45(51)35-11-23-41(24-12-35)55-31-60(3,4)59-61(5,6)32-56-42-25-13-36(14-26-42)46(52)58-44-29-17-38(18-30-44)48-50(54)40-21-9-34(2)10-22-40/h7-30H,31-32H2,1-6H3. The van der Waals surface area contributed by atoms with Gasteiger partial charge in [0, 0.05) is 34.5 Å². The van der Waals surface area contributed by atoms with Crippen molar-refractivity contribution >= 4 is 51.3 Å². The van der Waals surface area contributed by atoms with Crippen LogP contribution in [0.4, 0.5) is 22.7 Å². The minimum atomic E-state index is -2.32. The summed E-state index contributed by atoms with van der Waals surface area (Å²) >= 11 is 0. The number of carbonyl (C=O) groups is 2. The maximum Gasteiger partial charge on any atom is 0.343 e. The van der Waals surface area contributed by atoms with Crippen LogP contribution in [0.15, 0.2) is 156 Å². The summed E-state index contributed by atoms with van der Waals surface area (Å²) < 4.78 is 29.9. The fourth-order valence-electron chi connectivity index (χ4n) is 5.86. The van der Waals surface area contributed by atoms with Crippen molar-refractivity contribution in [2.75, 3.05) is 12.5 Å². The van der Waals surface area contributed by atoms with Crippen LogP contribution < -0.4 is 18.9 Å². The fraction of sp³-hybridized carbons (Fsp3) is 0.174. The van der Waals surface area contributed by atoms with E-state index in [1.807, 2.05) is 38.1 Å². The first kappa shape index (κ1) is 43.6. The summed E-state index contributed by atoms with van der Waals surface area (Å²) in [6, 6.07) is 40.2. The SMILES string of the molecule is Cc1ccc([N+]([O-])=Nc2ccc(OC(=O)c3ccc(OC[Si](C)(C)O[Si](C)(C)COc4ccc(C(=O)Oc5ccc(N=[N+]([O-])c6ccc(C)cc6)cc5)cc4)cc3)cc2)cc1. The molecule has 6 aromatic rings. The number of hydrogen-bond donors (Lipinski definition) is 0. The Kier molecular flexibility index (Phi) is 13.9. The summed E-state index contributed by atoms with van der Waals surface area (Å²) in [4.78, 5) is 26.7. The maximum absolute atomic E-state index is 12.8. The van der Waals surface area contributed by atoms with E-state index < -0.39 is 28.6 Å². The van der Waals surface area contributed by atoms with Gasteiger partial charge in [0.1, 0.15) is 46.8 Å². The molecular weight excluding hydrogens is 809 g/mol. The third kappa shape index (κ3) is 13.0. The second-order valence-electron chi connectivity index (χ2n) is 15.4. The molecular formula is C46H46N4O9Si2. The van der Waals surface area contributed by atoms with Crippen molar-refractivity contribution in [3.8, 4) is 23.0 Å². The molecule has 312 valence electrons. The number of carbonyl (C=O) groups excluding carboxylic acids is 2. The molecule has 15 heteroatoms. The Labute approximate surface area is 356 Å². The summed E-state index contributed by atoms with van der Waals surface area (Å²) in [6.45, 7) is 12.2. The van der Waals surface area contributed by atoms with Crippen LogP contribution in [0.3, 0.4) is 0 Å². The van der Waals surface area contributed by atoms with Crippen LogP contribution in [-0.2, 0) is 4.12 Å². The van der Waals surface area contributed by atoms with E-state index >= 15 is 0 Å². The van der Waals surface area contributed by atoms with E-state index in [-0.39, 0.29) is 0 Å². The Morgan fingerprint density at radius 1 is 0.475 bits per heavy atom. The molecule has 0 aliphatic carbocycles. The van der Waals surface area contributed by atoms with E-state index in [1.54, 1.807) is 121 Å². The molecule has 0 heterocycles. The zero-order chi connectivity index (χ0) is 43.6. The van der Waals surface area contributed by atoms with Crippen molar-refractivity contribution < 1.29 is 42.4 Å². The molecule has 13 nitrogen and oxygen atoms in total. The largest absolute Gasteiger partial charge is 0.594 e. The molecule has 0 aliphatic rings. The van der Waals surface area contributed by atoms with Gasteiger partial charge in [0.25, 0.3) is 0 Å². The van der Waals surface area contributed by atoms with Crippen molar-refractivity contribution in [1.82, 2.24) is 0 Å². The minimum Gasteiger partial charge on any atom is -0.594 e. The summed E-state index contributed by atoms with van der Waals surface area (Å²) in [5, 5.41) is 32.8. The Morgan fingerprint density at radius 2 is 0.787 bits per heavy atom. The number of esters is 2. The van der Waals surface area contributed by atoms with Gasteiger partial charge in [-0.2, -0.15) is 0 Å². The van der Waals surface area contributed by atoms with Gasteiger partial charge in [-0.05, 0) is 137 Å². The lowest BCUT2D eigenvalue weighted by Gasteiger charge is -2.33. The molecule has 0 radical (unpaired) electrons. The van der Waals surface area contributed by atoms with Gasteiger partial charge in [0.2, 0.25) is 28.0 Å². The highest BCUT2D eigenvalue weighted by Gasteiger charge is 2.35. The summed E-state index contributed by atoms with van der Waals surface area (Å²) in [5.74, 6) is 0.740. The van der Waals surface area contributed by atoms with Crippen molar-refractivity contribution in [3.63, 3.8) is 0 Å². The summed E-state index contributed by atoms with van der Waals surface area (Å²) in [7, 11) is -4.64. The molecule has 0 aromatic heterocycles. The number of azo groups is 2. The van der Waals surface area contributed by atoms with Gasteiger partial charge in [-0.15, -0.1) is 0 Å². The van der Waals surface area contributed by atoms with Gasteiger partial charge < -0.3 is 33.5 Å². The lowest BCUT2D eigenvalue weighted by atomic mass is 10.2. The number of nitrogens with zero attached hydrogens (tertiary/aromatic N) is 4. The number of aryl methyl sites for hydroxylation is 2. The average molecular weight is 855 g/mol. The monoisotopic (exact) mass is 854 g/mol. The molecule has 0 spiro atoms. The van der Waals surface area contributed by atoms with Crippen LogP contribution in [-0.4, -0.2) is 50.8 Å². The van der Waals surface area contributed by atoms with Gasteiger partial charge in [0.15, 0.2) is 0 Å². The Hall–Kier alpha value is -6.95. The lowest BCUT2D eigenvalue weighted by Crippen LogP contribution is -2.51. The molecule has 0 N–H and O–H groups in total. The molecule has 0 saturated heterocycles. The van der Waals surface area contributed by atoms with Crippen LogP contribution in [0.25, 0.3) is 0 Å². The van der Waals surface area contributed by atoms with Crippen LogP contribution >= 0.6 is 0 Å². The Morgan fingerprint density at radius 3 is 1.11 bits per heavy atom. The molecule has 0 atom stereocenters. The zero-order valence-corrected chi connectivity index (χ0v) is 36.7. The molecule has 0 amide bonds. The van der Waals surface area contributed by atoms with E-state index in [9.17, 15) is 20.0 Å². The second-order valence-corrected chi connectivity index (χ2v) is 23.9. The second kappa shape index (κ2) is 19.4. The first-order valence-electron chi connectivity index (χ1n) is 19.4. The topological polar surface area (TPSA) is 157 Å². The highest BCUT2D eigenvalue weighted by Crippen LogP contribution is 2.25.